The fraction of sp³-hybridized carbons (Fsp3) is 0.0909. The van der Waals surface area contributed by atoms with E-state index in [9.17, 15) is 0 Å². The fourth-order valence-corrected chi connectivity index (χ4v) is 1.07. The molecule has 0 spiro atoms. The van der Waals surface area contributed by atoms with E-state index in [1.54, 1.807) is 6.26 Å². The Morgan fingerprint density at radius 1 is 1.29 bits per heavy atom. The van der Waals surface area contributed by atoms with Crippen LogP contribution >= 0.6 is 31.9 Å². The quantitative estimate of drug-likeness (QED) is 0.460. The Bertz CT molecular complexity index is 356. The summed E-state index contributed by atoms with van der Waals surface area (Å²) >= 11 is 6.35. The van der Waals surface area contributed by atoms with Crippen molar-refractivity contribution in [3.63, 3.8) is 0 Å². The van der Waals surface area contributed by atoms with Gasteiger partial charge in [-0.3, -0.25) is 0 Å². The molecule has 0 aliphatic rings. The van der Waals surface area contributed by atoms with Gasteiger partial charge in [-0.2, -0.15) is 0 Å². The predicted octanol–water partition coefficient (Wildman–Crippen LogP) is 3.64. The van der Waals surface area contributed by atoms with Gasteiger partial charge in [0.05, 0.1) is 3.39 Å². The molecule has 0 bridgehead atoms. The van der Waals surface area contributed by atoms with E-state index in [1.165, 1.54) is 0 Å². The number of hydrogen-bond acceptors (Lipinski definition) is 1. The summed E-state index contributed by atoms with van der Waals surface area (Å²) in [5.41, 5.74) is 0.998. The summed E-state index contributed by atoms with van der Waals surface area (Å²) in [6.07, 6.45) is 1.56. The highest BCUT2D eigenvalue weighted by Gasteiger charge is 1.82. The van der Waals surface area contributed by atoms with Gasteiger partial charge in [0.1, 0.15) is 12.9 Å². The lowest BCUT2D eigenvalue weighted by Crippen LogP contribution is -1.81. The van der Waals surface area contributed by atoms with Gasteiger partial charge in [0.2, 0.25) is 0 Å². The summed E-state index contributed by atoms with van der Waals surface area (Å²) in [6.45, 7) is 0.385. The number of hydrogen-bond donors (Lipinski definition) is 0. The molecule has 0 heterocycles. The minimum atomic E-state index is 0.385. The monoisotopic (exact) mass is 314 g/mol. The van der Waals surface area contributed by atoms with Crippen molar-refractivity contribution in [3.05, 3.63) is 45.5 Å². The van der Waals surface area contributed by atoms with Crippen molar-refractivity contribution in [1.82, 2.24) is 0 Å². The molecular formula is C11H8Br2O. The lowest BCUT2D eigenvalue weighted by molar-refractivity contribution is 0.297. The maximum Gasteiger partial charge on any atom is 0.148 e. The fourth-order valence-electron chi connectivity index (χ4n) is 0.806. The molecule has 0 amide bonds. The van der Waals surface area contributed by atoms with Gasteiger partial charge < -0.3 is 4.74 Å². The van der Waals surface area contributed by atoms with Crippen LogP contribution in [0.5, 0.6) is 0 Å². The van der Waals surface area contributed by atoms with Crippen LogP contribution in [0.1, 0.15) is 5.56 Å². The molecule has 0 radical (unpaired) electrons. The highest BCUT2D eigenvalue weighted by molar-refractivity contribution is 9.28. The van der Waals surface area contributed by atoms with Gasteiger partial charge in [-0.05, 0) is 44.0 Å². The third kappa shape index (κ3) is 5.11. The lowest BCUT2D eigenvalue weighted by atomic mass is 10.2. The van der Waals surface area contributed by atoms with Crippen molar-refractivity contribution in [2.24, 2.45) is 0 Å². The van der Waals surface area contributed by atoms with Gasteiger partial charge in [-0.25, -0.2) is 0 Å². The molecule has 0 N–H and O–H groups in total. The second-order valence-electron chi connectivity index (χ2n) is 2.39. The van der Waals surface area contributed by atoms with E-state index in [0.717, 1.165) is 8.96 Å². The van der Waals surface area contributed by atoms with Crippen LogP contribution in [-0.2, 0) is 4.74 Å². The summed E-state index contributed by atoms with van der Waals surface area (Å²) in [5, 5.41) is 0. The van der Waals surface area contributed by atoms with Crippen molar-refractivity contribution in [3.8, 4) is 11.8 Å². The molecule has 72 valence electrons. The first-order chi connectivity index (χ1) is 6.79. The Hall–Kier alpha value is -0.720. The SMILES string of the molecule is BrC(Br)=COCC#Cc1ccccc1. The van der Waals surface area contributed by atoms with E-state index >= 15 is 0 Å². The van der Waals surface area contributed by atoms with Crippen molar-refractivity contribution in [1.29, 1.82) is 0 Å². The highest BCUT2D eigenvalue weighted by Crippen LogP contribution is 2.11. The van der Waals surface area contributed by atoms with Crippen LogP contribution in [0.3, 0.4) is 0 Å². The molecule has 3 heteroatoms. The third-order valence-electron chi connectivity index (χ3n) is 1.33. The largest absolute Gasteiger partial charge is 0.487 e. The molecule has 1 aromatic carbocycles. The number of benzene rings is 1. The van der Waals surface area contributed by atoms with Crippen molar-refractivity contribution < 1.29 is 4.74 Å². The average molecular weight is 316 g/mol. The number of halogens is 2. The Balaban J connectivity index is 2.38. The molecule has 0 atom stereocenters. The molecule has 0 aromatic heterocycles. The van der Waals surface area contributed by atoms with Gasteiger partial charge >= 0.3 is 0 Å². The van der Waals surface area contributed by atoms with Crippen LogP contribution in [0.15, 0.2) is 40.0 Å². The first kappa shape index (κ1) is 11.4. The number of rotatable bonds is 2. The molecule has 0 aliphatic carbocycles. The van der Waals surface area contributed by atoms with Crippen molar-refractivity contribution >= 4 is 31.9 Å². The summed E-state index contributed by atoms with van der Waals surface area (Å²) in [7, 11) is 0. The van der Waals surface area contributed by atoms with Gasteiger partial charge in [0.15, 0.2) is 0 Å². The minimum Gasteiger partial charge on any atom is -0.487 e. The molecule has 0 fully saturated rings. The topological polar surface area (TPSA) is 9.23 Å². The van der Waals surface area contributed by atoms with E-state index in [1.807, 2.05) is 30.3 Å². The summed E-state index contributed by atoms with van der Waals surface area (Å²) in [6, 6.07) is 9.80. The Kier molecular flexibility index (Phi) is 5.43. The van der Waals surface area contributed by atoms with Crippen LogP contribution in [0.2, 0.25) is 0 Å². The molecule has 1 rings (SSSR count). The molecule has 1 nitrogen and oxygen atoms in total. The summed E-state index contributed by atoms with van der Waals surface area (Å²) in [4.78, 5) is 0. The van der Waals surface area contributed by atoms with Gasteiger partial charge in [0.25, 0.3) is 0 Å². The Morgan fingerprint density at radius 3 is 2.64 bits per heavy atom. The zero-order valence-corrected chi connectivity index (χ0v) is 10.5. The van der Waals surface area contributed by atoms with Gasteiger partial charge in [-0.15, -0.1) is 0 Å². The molecule has 1 aromatic rings. The maximum atomic E-state index is 5.09. The Labute approximate surface area is 100 Å². The molecule has 0 saturated carbocycles. The van der Waals surface area contributed by atoms with E-state index in [2.05, 4.69) is 43.7 Å². The average Bonchev–Trinajstić information content (AvgIpc) is 2.18. The van der Waals surface area contributed by atoms with Crippen molar-refractivity contribution in [2.75, 3.05) is 6.61 Å². The minimum absolute atomic E-state index is 0.385. The first-order valence-electron chi connectivity index (χ1n) is 3.96. The zero-order valence-electron chi connectivity index (χ0n) is 7.34. The van der Waals surface area contributed by atoms with Crippen LogP contribution in [0, 0.1) is 11.8 Å². The second-order valence-corrected chi connectivity index (χ2v) is 5.16. The van der Waals surface area contributed by atoms with E-state index < -0.39 is 0 Å². The smallest absolute Gasteiger partial charge is 0.148 e. The molecule has 0 unspecified atom stereocenters. The van der Waals surface area contributed by atoms with E-state index in [-0.39, 0.29) is 0 Å². The normalized spacial score (nSPS) is 8.43. The predicted molar refractivity (Wildman–Crippen MR) is 65.2 cm³/mol. The summed E-state index contributed by atoms with van der Waals surface area (Å²) < 4.78 is 5.86. The highest BCUT2D eigenvalue weighted by atomic mass is 79.9. The van der Waals surface area contributed by atoms with E-state index in [4.69, 9.17) is 4.74 Å². The Morgan fingerprint density at radius 2 is 2.00 bits per heavy atom. The van der Waals surface area contributed by atoms with Crippen LogP contribution in [0.25, 0.3) is 0 Å². The van der Waals surface area contributed by atoms with Crippen LogP contribution in [0.4, 0.5) is 0 Å². The molecule has 14 heavy (non-hydrogen) atoms. The number of ether oxygens (including phenoxy) is 1. The second kappa shape index (κ2) is 6.69. The molecular weight excluding hydrogens is 308 g/mol. The first-order valence-corrected chi connectivity index (χ1v) is 5.54. The van der Waals surface area contributed by atoms with Crippen molar-refractivity contribution in [2.45, 2.75) is 0 Å². The third-order valence-corrected chi connectivity index (χ3v) is 1.71. The van der Waals surface area contributed by atoms with E-state index in [0.29, 0.717) is 6.61 Å². The lowest BCUT2D eigenvalue weighted by Gasteiger charge is -1.91. The standard InChI is InChI=1S/C11H8Br2O/c12-11(13)9-14-8-4-7-10-5-2-1-3-6-10/h1-3,5-6,9H,8H2. The summed E-state index contributed by atoms with van der Waals surface area (Å²) in [5.74, 6) is 5.88. The van der Waals surface area contributed by atoms with Crippen LogP contribution in [-0.4, -0.2) is 6.61 Å². The maximum absolute atomic E-state index is 5.09. The van der Waals surface area contributed by atoms with Gasteiger partial charge in [-0.1, -0.05) is 30.0 Å². The molecule has 0 aliphatic heterocycles. The molecule has 0 saturated heterocycles. The zero-order chi connectivity index (χ0) is 10.2. The van der Waals surface area contributed by atoms with Gasteiger partial charge in [0, 0.05) is 5.56 Å². The van der Waals surface area contributed by atoms with Crippen LogP contribution < -0.4 is 0 Å².